The minimum atomic E-state index is -0.488. The summed E-state index contributed by atoms with van der Waals surface area (Å²) < 4.78 is 26.6. The van der Waals surface area contributed by atoms with Crippen LogP contribution in [0.4, 0.5) is 21.8 Å². The van der Waals surface area contributed by atoms with Crippen LogP contribution in [0.15, 0.2) is 72.9 Å². The van der Waals surface area contributed by atoms with Crippen LogP contribution >= 0.6 is 0 Å². The van der Waals surface area contributed by atoms with Crippen molar-refractivity contribution in [3.8, 4) is 28.7 Å². The molecule has 3 aromatic carbocycles. The Hall–Kier alpha value is -4.68. The summed E-state index contributed by atoms with van der Waals surface area (Å²) in [5.41, 5.74) is 3.87. The summed E-state index contributed by atoms with van der Waals surface area (Å²) in [6.45, 7) is 9.39. The number of ether oxygens (including phenoxy) is 2. The average Bonchev–Trinajstić information content (AvgIpc) is 3.03. The van der Waals surface area contributed by atoms with Crippen LogP contribution in [0.2, 0.25) is 0 Å². The van der Waals surface area contributed by atoms with E-state index in [1.165, 1.54) is 6.20 Å². The minimum absolute atomic E-state index is 0.000597. The SMILES string of the molecule is COc1cc(Nc2ncc(F)c(N(Cc3ccc(-c4ccccc4C#N)cc3)C3CC(C)(C)N(C)C(C)(C)C3)n2)cc(OC)c1. The summed E-state index contributed by atoms with van der Waals surface area (Å²) in [5.74, 6) is 1.23. The van der Waals surface area contributed by atoms with Gasteiger partial charge in [0.1, 0.15) is 11.5 Å². The first kappa shape index (κ1) is 31.7. The fourth-order valence-electron chi connectivity index (χ4n) is 6.36. The molecule has 1 fully saturated rings. The van der Waals surface area contributed by atoms with Crippen LogP contribution in [0.5, 0.6) is 11.5 Å². The minimum Gasteiger partial charge on any atom is -0.497 e. The molecule has 0 atom stereocenters. The van der Waals surface area contributed by atoms with E-state index in [1.807, 2.05) is 48.5 Å². The van der Waals surface area contributed by atoms with Crippen molar-refractivity contribution >= 4 is 17.5 Å². The molecule has 8 nitrogen and oxygen atoms in total. The van der Waals surface area contributed by atoms with Gasteiger partial charge in [0.2, 0.25) is 5.95 Å². The van der Waals surface area contributed by atoms with E-state index < -0.39 is 5.82 Å². The number of piperidine rings is 1. The van der Waals surface area contributed by atoms with Gasteiger partial charge in [-0.2, -0.15) is 10.2 Å². The molecule has 0 unspecified atom stereocenters. The predicted octanol–water partition coefficient (Wildman–Crippen LogP) is 7.57. The third-order valence-electron chi connectivity index (χ3n) is 9.00. The van der Waals surface area contributed by atoms with Crippen LogP contribution in [0.1, 0.15) is 51.7 Å². The molecule has 0 radical (unpaired) electrons. The molecule has 1 aliphatic rings. The highest BCUT2D eigenvalue weighted by atomic mass is 19.1. The van der Waals surface area contributed by atoms with E-state index in [4.69, 9.17) is 14.5 Å². The second kappa shape index (κ2) is 12.7. The fraction of sp³-hybridized carbons (Fsp3) is 0.361. The molecule has 234 valence electrons. The van der Waals surface area contributed by atoms with Crippen molar-refractivity contribution in [1.29, 1.82) is 5.26 Å². The maximum atomic E-state index is 15.8. The summed E-state index contributed by atoms with van der Waals surface area (Å²) in [4.78, 5) is 13.5. The van der Waals surface area contributed by atoms with Gasteiger partial charge in [-0.1, -0.05) is 42.5 Å². The van der Waals surface area contributed by atoms with Gasteiger partial charge in [0.25, 0.3) is 0 Å². The number of anilines is 3. The first-order valence-electron chi connectivity index (χ1n) is 15.1. The molecule has 9 heteroatoms. The molecule has 0 aliphatic carbocycles. The van der Waals surface area contributed by atoms with E-state index in [0.29, 0.717) is 29.3 Å². The Morgan fingerprint density at radius 3 is 2.20 bits per heavy atom. The molecule has 0 amide bonds. The van der Waals surface area contributed by atoms with Gasteiger partial charge in [-0.3, -0.25) is 4.90 Å². The zero-order valence-electron chi connectivity index (χ0n) is 27.1. The Morgan fingerprint density at radius 1 is 0.978 bits per heavy atom. The number of aromatic nitrogens is 2. The summed E-state index contributed by atoms with van der Waals surface area (Å²) in [6, 6.07) is 23.4. The van der Waals surface area contributed by atoms with Gasteiger partial charge in [0, 0.05) is 47.6 Å². The van der Waals surface area contributed by atoms with Crippen molar-refractivity contribution < 1.29 is 13.9 Å². The molecule has 1 aliphatic heterocycles. The van der Waals surface area contributed by atoms with Crippen LogP contribution in [0, 0.1) is 17.1 Å². The van der Waals surface area contributed by atoms with Gasteiger partial charge in [-0.15, -0.1) is 0 Å². The van der Waals surface area contributed by atoms with Crippen molar-refractivity contribution in [2.24, 2.45) is 0 Å². The quantitative estimate of drug-likeness (QED) is 0.208. The zero-order chi connectivity index (χ0) is 32.4. The summed E-state index contributed by atoms with van der Waals surface area (Å²) >= 11 is 0. The van der Waals surface area contributed by atoms with Gasteiger partial charge in [-0.05, 0) is 70.3 Å². The number of methoxy groups -OCH3 is 2. The third kappa shape index (κ3) is 6.86. The van der Waals surface area contributed by atoms with Crippen LogP contribution < -0.4 is 19.7 Å². The number of nitriles is 1. The number of hydrogen-bond acceptors (Lipinski definition) is 8. The Bertz CT molecular complexity index is 1660. The molecule has 1 N–H and O–H groups in total. The van der Waals surface area contributed by atoms with Gasteiger partial charge < -0.3 is 19.7 Å². The second-order valence-electron chi connectivity index (χ2n) is 12.8. The van der Waals surface area contributed by atoms with E-state index in [-0.39, 0.29) is 28.9 Å². The summed E-state index contributed by atoms with van der Waals surface area (Å²) in [7, 11) is 5.33. The lowest BCUT2D eigenvalue weighted by Gasteiger charge is -2.55. The van der Waals surface area contributed by atoms with Crippen molar-refractivity contribution in [1.82, 2.24) is 14.9 Å². The number of nitrogens with zero attached hydrogens (tertiary/aromatic N) is 5. The molecule has 0 spiro atoms. The number of rotatable bonds is 9. The number of likely N-dealkylation sites (tertiary alicyclic amines) is 1. The molecular weight excluding hydrogens is 567 g/mol. The third-order valence-corrected chi connectivity index (χ3v) is 9.00. The highest BCUT2D eigenvalue weighted by molar-refractivity contribution is 5.70. The van der Waals surface area contributed by atoms with Crippen molar-refractivity contribution in [3.05, 3.63) is 89.9 Å². The molecule has 5 rings (SSSR count). The van der Waals surface area contributed by atoms with Gasteiger partial charge in [0.05, 0.1) is 32.0 Å². The van der Waals surface area contributed by atoms with Gasteiger partial charge in [0.15, 0.2) is 11.6 Å². The predicted molar refractivity (Wildman–Crippen MR) is 177 cm³/mol. The van der Waals surface area contributed by atoms with Gasteiger partial charge in [-0.25, -0.2) is 9.37 Å². The Balaban J connectivity index is 1.53. The smallest absolute Gasteiger partial charge is 0.229 e. The molecule has 2 heterocycles. The Morgan fingerprint density at radius 2 is 1.60 bits per heavy atom. The van der Waals surface area contributed by atoms with E-state index in [1.54, 1.807) is 32.4 Å². The van der Waals surface area contributed by atoms with Crippen molar-refractivity contribution in [3.63, 3.8) is 0 Å². The Kier molecular flexibility index (Phi) is 8.98. The molecule has 0 saturated carbocycles. The lowest BCUT2D eigenvalue weighted by molar-refractivity contribution is -0.0132. The molecule has 45 heavy (non-hydrogen) atoms. The van der Waals surface area contributed by atoms with Gasteiger partial charge >= 0.3 is 0 Å². The number of halogens is 1. The number of nitrogens with one attached hydrogen (secondary N) is 1. The fourth-order valence-corrected chi connectivity index (χ4v) is 6.36. The number of hydrogen-bond donors (Lipinski definition) is 1. The molecule has 4 aromatic rings. The van der Waals surface area contributed by atoms with Crippen LogP contribution in [0.3, 0.4) is 0 Å². The lowest BCUT2D eigenvalue weighted by atomic mass is 9.77. The highest BCUT2D eigenvalue weighted by Crippen LogP contribution is 2.41. The maximum absolute atomic E-state index is 15.8. The zero-order valence-corrected chi connectivity index (χ0v) is 27.1. The normalized spacial score (nSPS) is 16.1. The Labute approximate surface area is 265 Å². The standard InChI is InChI=1S/C36H41FN6O2/c1-35(2)19-28(20-36(3,4)42(35)5)43(23-24-12-14-25(15-13-24)31-11-9-8-10-26(31)21-38)33-32(37)22-39-34(41-33)40-27-16-29(44-6)18-30(17-27)45-7/h8-18,22,28H,19-20,23H2,1-7H3,(H,39,40,41). The van der Waals surface area contributed by atoms with Crippen LogP contribution in [-0.4, -0.2) is 53.3 Å². The maximum Gasteiger partial charge on any atom is 0.229 e. The molecule has 1 saturated heterocycles. The monoisotopic (exact) mass is 608 g/mol. The van der Waals surface area contributed by atoms with E-state index in [9.17, 15) is 5.26 Å². The first-order chi connectivity index (χ1) is 21.4. The molecule has 1 aromatic heterocycles. The highest BCUT2D eigenvalue weighted by Gasteiger charge is 2.45. The molecule has 0 bridgehead atoms. The van der Waals surface area contributed by atoms with E-state index >= 15 is 4.39 Å². The largest absolute Gasteiger partial charge is 0.497 e. The van der Waals surface area contributed by atoms with Crippen LogP contribution in [-0.2, 0) is 6.54 Å². The number of benzene rings is 3. The van der Waals surface area contributed by atoms with Crippen molar-refractivity contribution in [2.45, 2.75) is 64.2 Å². The van der Waals surface area contributed by atoms with E-state index in [0.717, 1.165) is 29.5 Å². The lowest BCUT2D eigenvalue weighted by Crippen LogP contribution is -2.62. The van der Waals surface area contributed by atoms with E-state index in [2.05, 4.69) is 60.9 Å². The average molecular weight is 609 g/mol. The second-order valence-corrected chi connectivity index (χ2v) is 12.8. The summed E-state index contributed by atoms with van der Waals surface area (Å²) in [6.07, 6.45) is 2.86. The topological polar surface area (TPSA) is 86.5 Å². The van der Waals surface area contributed by atoms with Crippen LogP contribution in [0.25, 0.3) is 11.1 Å². The first-order valence-corrected chi connectivity index (χ1v) is 15.1. The van der Waals surface area contributed by atoms with Crippen molar-refractivity contribution in [2.75, 3.05) is 31.5 Å². The molecular formula is C36H41FN6O2. The summed E-state index contributed by atoms with van der Waals surface area (Å²) in [5, 5.41) is 12.8.